The van der Waals surface area contributed by atoms with Gasteiger partial charge in [-0.2, -0.15) is 5.10 Å². The van der Waals surface area contributed by atoms with Crippen molar-refractivity contribution in [2.24, 2.45) is 0 Å². The van der Waals surface area contributed by atoms with Crippen LogP contribution in [0, 0.1) is 0 Å². The number of nitrogens with zero attached hydrogens (tertiary/aromatic N) is 1. The first-order valence-electron chi connectivity index (χ1n) is 3.54. The van der Waals surface area contributed by atoms with Crippen LogP contribution in [-0.4, -0.2) is 10.2 Å². The molecule has 3 heteroatoms. The van der Waals surface area contributed by atoms with Crippen molar-refractivity contribution in [3.05, 3.63) is 11.8 Å². The van der Waals surface area contributed by atoms with Gasteiger partial charge in [-0.1, -0.05) is 13.8 Å². The number of nitrogens with two attached hydrogens (primary N) is 1. The van der Waals surface area contributed by atoms with Gasteiger partial charge in [0.2, 0.25) is 0 Å². The number of hydrogen-bond acceptors (Lipinski definition) is 2. The third kappa shape index (κ3) is 1.29. The van der Waals surface area contributed by atoms with Crippen LogP contribution in [0.1, 0.15) is 31.9 Å². The van der Waals surface area contributed by atoms with Gasteiger partial charge in [0.05, 0.1) is 0 Å². The minimum absolute atomic E-state index is 0.532. The Bertz CT molecular complexity index is 204. The Hall–Kier alpha value is -0.990. The lowest BCUT2D eigenvalue weighted by atomic mass is 10.1. The molecule has 3 nitrogen and oxygen atoms in total. The summed E-state index contributed by atoms with van der Waals surface area (Å²) in [5, 5.41) is 6.72. The van der Waals surface area contributed by atoms with Crippen LogP contribution < -0.4 is 5.73 Å². The number of nitrogen functional groups attached to an aromatic ring is 1. The molecule has 0 aliphatic heterocycles. The number of anilines is 1. The van der Waals surface area contributed by atoms with Gasteiger partial charge in [0.25, 0.3) is 0 Å². The van der Waals surface area contributed by atoms with Gasteiger partial charge in [0, 0.05) is 11.8 Å². The van der Waals surface area contributed by atoms with Crippen molar-refractivity contribution in [2.45, 2.75) is 26.2 Å². The van der Waals surface area contributed by atoms with Crippen molar-refractivity contribution in [3.63, 3.8) is 0 Å². The summed E-state index contributed by atoms with van der Waals surface area (Å²) in [7, 11) is 0. The van der Waals surface area contributed by atoms with Gasteiger partial charge in [-0.05, 0) is 12.3 Å². The van der Waals surface area contributed by atoms with Crippen molar-refractivity contribution in [1.82, 2.24) is 10.2 Å². The van der Waals surface area contributed by atoms with Gasteiger partial charge in [-0.15, -0.1) is 0 Å². The summed E-state index contributed by atoms with van der Waals surface area (Å²) < 4.78 is 0. The molecule has 1 heterocycles. The average Bonchev–Trinajstić information content (AvgIpc) is 2.34. The Morgan fingerprint density at radius 2 is 2.50 bits per heavy atom. The number of rotatable bonds is 2. The molecule has 0 bridgehead atoms. The maximum absolute atomic E-state index is 5.43. The van der Waals surface area contributed by atoms with Crippen LogP contribution in [0.4, 0.5) is 5.82 Å². The Morgan fingerprint density at radius 1 is 1.80 bits per heavy atom. The van der Waals surface area contributed by atoms with E-state index in [0.29, 0.717) is 11.7 Å². The quantitative estimate of drug-likeness (QED) is 0.652. The highest BCUT2D eigenvalue weighted by molar-refractivity contribution is 5.29. The lowest BCUT2D eigenvalue weighted by molar-refractivity contribution is 0.703. The zero-order valence-corrected chi connectivity index (χ0v) is 6.39. The average molecular weight is 139 g/mol. The lowest BCUT2D eigenvalue weighted by Gasteiger charge is -2.02. The van der Waals surface area contributed by atoms with Crippen molar-refractivity contribution >= 4 is 5.82 Å². The van der Waals surface area contributed by atoms with Crippen LogP contribution in [0.25, 0.3) is 0 Å². The molecule has 3 N–H and O–H groups in total. The minimum Gasteiger partial charge on any atom is -0.382 e. The van der Waals surface area contributed by atoms with E-state index >= 15 is 0 Å². The fourth-order valence-electron chi connectivity index (χ4n) is 0.825. The molecule has 56 valence electrons. The molecule has 0 aliphatic carbocycles. The molecule has 0 aromatic carbocycles. The van der Waals surface area contributed by atoms with Gasteiger partial charge in [0.15, 0.2) is 0 Å². The maximum atomic E-state index is 5.43. The van der Waals surface area contributed by atoms with E-state index in [1.54, 1.807) is 0 Å². The van der Waals surface area contributed by atoms with Crippen LogP contribution in [-0.2, 0) is 0 Å². The Morgan fingerprint density at radius 3 is 2.90 bits per heavy atom. The highest BCUT2D eigenvalue weighted by Crippen LogP contribution is 2.16. The first-order chi connectivity index (χ1) is 4.74. The molecule has 1 unspecified atom stereocenters. The van der Waals surface area contributed by atoms with Crippen LogP contribution in [0.3, 0.4) is 0 Å². The molecule has 0 radical (unpaired) electrons. The summed E-state index contributed by atoms with van der Waals surface area (Å²) in [4.78, 5) is 0. The molecule has 0 amide bonds. The van der Waals surface area contributed by atoms with Crippen LogP contribution in [0.2, 0.25) is 0 Å². The summed E-state index contributed by atoms with van der Waals surface area (Å²) in [6, 6.07) is 1.88. The van der Waals surface area contributed by atoms with E-state index in [9.17, 15) is 0 Å². The second kappa shape index (κ2) is 2.73. The first-order valence-corrected chi connectivity index (χ1v) is 3.54. The topological polar surface area (TPSA) is 54.7 Å². The van der Waals surface area contributed by atoms with Crippen LogP contribution in [0.15, 0.2) is 6.07 Å². The Labute approximate surface area is 60.6 Å². The maximum Gasteiger partial charge on any atom is 0.145 e. The molecular weight excluding hydrogens is 126 g/mol. The Kier molecular flexibility index (Phi) is 1.94. The molecule has 0 saturated carbocycles. The zero-order chi connectivity index (χ0) is 7.56. The number of nitrogens with one attached hydrogen (secondary N) is 1. The molecule has 1 atom stereocenters. The van der Waals surface area contributed by atoms with Gasteiger partial charge in [-0.3, -0.25) is 5.10 Å². The second-order valence-corrected chi connectivity index (χ2v) is 2.56. The molecule has 0 saturated heterocycles. The minimum atomic E-state index is 0.532. The van der Waals surface area contributed by atoms with Gasteiger partial charge in [-0.25, -0.2) is 0 Å². The SMILES string of the molecule is CCC(C)c1cc(N)n[nH]1. The van der Waals surface area contributed by atoms with Gasteiger partial charge in [0.1, 0.15) is 5.82 Å². The van der Waals surface area contributed by atoms with Crippen LogP contribution in [0.5, 0.6) is 0 Å². The number of hydrogen-bond donors (Lipinski definition) is 2. The van der Waals surface area contributed by atoms with E-state index in [-0.39, 0.29) is 0 Å². The van der Waals surface area contributed by atoms with Crippen molar-refractivity contribution in [3.8, 4) is 0 Å². The van der Waals surface area contributed by atoms with Gasteiger partial charge >= 0.3 is 0 Å². The summed E-state index contributed by atoms with van der Waals surface area (Å²) in [5.74, 6) is 1.11. The largest absolute Gasteiger partial charge is 0.382 e. The fraction of sp³-hybridized carbons (Fsp3) is 0.571. The molecule has 1 rings (SSSR count). The third-order valence-electron chi connectivity index (χ3n) is 1.76. The van der Waals surface area contributed by atoms with E-state index < -0.39 is 0 Å². The first kappa shape index (κ1) is 7.12. The van der Waals surface area contributed by atoms with E-state index in [4.69, 9.17) is 5.73 Å². The van der Waals surface area contributed by atoms with E-state index in [2.05, 4.69) is 24.0 Å². The molecule has 1 aromatic heterocycles. The predicted octanol–water partition coefficient (Wildman–Crippen LogP) is 1.51. The van der Waals surface area contributed by atoms with Crippen molar-refractivity contribution in [1.29, 1.82) is 0 Å². The lowest BCUT2D eigenvalue weighted by Crippen LogP contribution is -1.90. The fourth-order valence-corrected chi connectivity index (χ4v) is 0.825. The molecule has 0 fully saturated rings. The number of aromatic amines is 1. The normalized spacial score (nSPS) is 13.4. The summed E-state index contributed by atoms with van der Waals surface area (Å²) >= 11 is 0. The van der Waals surface area contributed by atoms with Crippen molar-refractivity contribution < 1.29 is 0 Å². The summed E-state index contributed by atoms with van der Waals surface area (Å²) in [6.45, 7) is 4.29. The zero-order valence-electron chi connectivity index (χ0n) is 6.39. The second-order valence-electron chi connectivity index (χ2n) is 2.56. The summed E-state index contributed by atoms with van der Waals surface area (Å²) in [5.41, 5.74) is 6.55. The smallest absolute Gasteiger partial charge is 0.145 e. The third-order valence-corrected chi connectivity index (χ3v) is 1.76. The predicted molar refractivity (Wildman–Crippen MR) is 41.7 cm³/mol. The van der Waals surface area contributed by atoms with E-state index in [1.807, 2.05) is 6.07 Å². The number of aromatic nitrogens is 2. The highest BCUT2D eigenvalue weighted by atomic mass is 15.2. The van der Waals surface area contributed by atoms with E-state index in [1.165, 1.54) is 0 Å². The van der Waals surface area contributed by atoms with Crippen LogP contribution >= 0.6 is 0 Å². The van der Waals surface area contributed by atoms with Crippen molar-refractivity contribution in [2.75, 3.05) is 5.73 Å². The number of H-pyrrole nitrogens is 1. The van der Waals surface area contributed by atoms with Gasteiger partial charge < -0.3 is 5.73 Å². The summed E-state index contributed by atoms with van der Waals surface area (Å²) in [6.07, 6.45) is 1.11. The molecular formula is C7H13N3. The molecule has 1 aromatic rings. The molecule has 0 aliphatic rings. The monoisotopic (exact) mass is 139 g/mol. The van der Waals surface area contributed by atoms with E-state index in [0.717, 1.165) is 12.1 Å². The molecule has 10 heavy (non-hydrogen) atoms. The highest BCUT2D eigenvalue weighted by Gasteiger charge is 2.04. The Balaban J connectivity index is 2.74. The standard InChI is InChI=1S/C7H13N3/c1-3-5(2)6-4-7(8)10-9-6/h4-5H,3H2,1-2H3,(H3,8,9,10). The molecule has 0 spiro atoms.